The van der Waals surface area contributed by atoms with Crippen molar-refractivity contribution in [1.82, 2.24) is 4.98 Å². The summed E-state index contributed by atoms with van der Waals surface area (Å²) in [5, 5.41) is 17.3. The van der Waals surface area contributed by atoms with E-state index in [2.05, 4.69) is 15.2 Å². The van der Waals surface area contributed by atoms with Crippen LogP contribution in [0, 0.1) is 24.1 Å². The molecule has 0 bridgehead atoms. The molecule has 0 aliphatic carbocycles. The van der Waals surface area contributed by atoms with Gasteiger partial charge >= 0.3 is 0 Å². The number of nitrogens with zero attached hydrogens (tertiary/aromatic N) is 3. The zero-order chi connectivity index (χ0) is 17.8. The number of H-pyrrole nitrogens is 1. The van der Waals surface area contributed by atoms with E-state index in [1.807, 2.05) is 24.3 Å². The van der Waals surface area contributed by atoms with Gasteiger partial charge in [0.2, 0.25) is 0 Å². The Morgan fingerprint density at radius 1 is 1.04 bits per heavy atom. The molecular formula is C19H13FN4O. The minimum atomic E-state index is -0.505. The summed E-state index contributed by atoms with van der Waals surface area (Å²) in [6, 6.07) is 16.9. The molecule has 0 radical (unpaired) electrons. The lowest BCUT2D eigenvalue weighted by atomic mass is 10.0. The summed E-state index contributed by atoms with van der Waals surface area (Å²) in [7, 11) is 0. The number of rotatable bonds is 3. The molecule has 1 heterocycles. The molecular weight excluding hydrogens is 319 g/mol. The van der Waals surface area contributed by atoms with Gasteiger partial charge in [-0.25, -0.2) is 4.39 Å². The second-order valence-corrected chi connectivity index (χ2v) is 5.31. The van der Waals surface area contributed by atoms with Crippen LogP contribution in [-0.4, -0.2) is 4.98 Å². The lowest BCUT2D eigenvalue weighted by Gasteiger charge is -2.09. The van der Waals surface area contributed by atoms with Gasteiger partial charge in [-0.05, 0) is 19.1 Å². The van der Waals surface area contributed by atoms with Crippen LogP contribution in [0.1, 0.15) is 11.1 Å². The third-order valence-electron chi connectivity index (χ3n) is 3.72. The van der Waals surface area contributed by atoms with E-state index in [0.717, 1.165) is 5.56 Å². The molecule has 25 heavy (non-hydrogen) atoms. The van der Waals surface area contributed by atoms with Gasteiger partial charge in [0.1, 0.15) is 23.0 Å². The van der Waals surface area contributed by atoms with E-state index in [1.165, 1.54) is 12.1 Å². The van der Waals surface area contributed by atoms with Crippen LogP contribution < -0.4 is 5.56 Å². The van der Waals surface area contributed by atoms with Gasteiger partial charge in [-0.3, -0.25) is 4.79 Å². The van der Waals surface area contributed by atoms with Gasteiger partial charge in [-0.1, -0.05) is 42.5 Å². The first kappa shape index (κ1) is 16.3. The Balaban J connectivity index is 2.22. The quantitative estimate of drug-likeness (QED) is 0.700. The van der Waals surface area contributed by atoms with Crippen LogP contribution in [0.5, 0.6) is 0 Å². The van der Waals surface area contributed by atoms with Crippen molar-refractivity contribution in [3.8, 4) is 17.3 Å². The fraction of sp³-hybridized carbons (Fsp3) is 0.0526. The van der Waals surface area contributed by atoms with E-state index in [0.29, 0.717) is 16.9 Å². The molecule has 1 aromatic heterocycles. The highest BCUT2D eigenvalue weighted by atomic mass is 19.1. The van der Waals surface area contributed by atoms with Crippen LogP contribution in [0.3, 0.4) is 0 Å². The van der Waals surface area contributed by atoms with Gasteiger partial charge in [0.05, 0.1) is 5.69 Å². The maximum Gasteiger partial charge on any atom is 0.266 e. The van der Waals surface area contributed by atoms with Gasteiger partial charge in [-0.15, -0.1) is 10.2 Å². The fourth-order valence-corrected chi connectivity index (χ4v) is 2.42. The molecule has 5 nitrogen and oxygen atoms in total. The maximum absolute atomic E-state index is 13.8. The number of hydrogen-bond donors (Lipinski definition) is 1. The zero-order valence-corrected chi connectivity index (χ0v) is 13.3. The van der Waals surface area contributed by atoms with Crippen molar-refractivity contribution in [2.45, 2.75) is 6.92 Å². The smallest absolute Gasteiger partial charge is 0.266 e. The van der Waals surface area contributed by atoms with Gasteiger partial charge < -0.3 is 4.98 Å². The number of hydrogen-bond acceptors (Lipinski definition) is 4. The monoisotopic (exact) mass is 332 g/mol. The number of pyridine rings is 1. The minimum absolute atomic E-state index is 0.0397. The summed E-state index contributed by atoms with van der Waals surface area (Å²) in [4.78, 5) is 14.8. The van der Waals surface area contributed by atoms with Crippen molar-refractivity contribution < 1.29 is 4.39 Å². The predicted octanol–water partition coefficient (Wildman–Crippen LogP) is 4.78. The fourth-order valence-electron chi connectivity index (χ4n) is 2.42. The Morgan fingerprint density at radius 2 is 1.72 bits per heavy atom. The van der Waals surface area contributed by atoms with Crippen molar-refractivity contribution >= 4 is 11.4 Å². The summed E-state index contributed by atoms with van der Waals surface area (Å²) >= 11 is 0. The summed E-state index contributed by atoms with van der Waals surface area (Å²) in [5.41, 5.74) is 1.41. The molecule has 3 rings (SSSR count). The van der Waals surface area contributed by atoms with Gasteiger partial charge in [0, 0.05) is 11.1 Å². The summed E-state index contributed by atoms with van der Waals surface area (Å²) in [6.45, 7) is 1.62. The molecule has 3 aromatic rings. The van der Waals surface area contributed by atoms with Gasteiger partial charge in [0.15, 0.2) is 5.82 Å². The molecule has 0 spiro atoms. The van der Waals surface area contributed by atoms with Crippen LogP contribution in [0.15, 0.2) is 69.6 Å². The zero-order valence-electron chi connectivity index (χ0n) is 13.3. The molecule has 1 N–H and O–H groups in total. The number of halogens is 1. The maximum atomic E-state index is 13.8. The summed E-state index contributed by atoms with van der Waals surface area (Å²) < 4.78 is 13.8. The number of benzene rings is 2. The molecule has 6 heteroatoms. The Labute approximate surface area is 143 Å². The number of aromatic amines is 1. The Kier molecular flexibility index (Phi) is 4.48. The lowest BCUT2D eigenvalue weighted by Crippen LogP contribution is -2.13. The van der Waals surface area contributed by atoms with Crippen LogP contribution in [0.25, 0.3) is 11.3 Å². The Bertz CT molecular complexity index is 1050. The molecule has 0 atom stereocenters. The van der Waals surface area contributed by atoms with Gasteiger partial charge in [-0.2, -0.15) is 5.26 Å². The van der Waals surface area contributed by atoms with Crippen molar-refractivity contribution in [2.24, 2.45) is 10.2 Å². The van der Waals surface area contributed by atoms with E-state index in [-0.39, 0.29) is 11.3 Å². The molecule has 0 fully saturated rings. The highest BCUT2D eigenvalue weighted by Crippen LogP contribution is 2.33. The van der Waals surface area contributed by atoms with Crippen molar-refractivity contribution in [3.05, 3.63) is 81.9 Å². The van der Waals surface area contributed by atoms with E-state index in [4.69, 9.17) is 0 Å². The summed E-state index contributed by atoms with van der Waals surface area (Å²) in [5.74, 6) is -0.505. The standard InChI is InChI=1S/C19H13FN4O/c1-12-14(11-21)19(25)22-18(13-7-3-2-4-8-13)17(12)24-23-16-10-6-5-9-15(16)20/h2-10H,1H3,(H,22,25). The van der Waals surface area contributed by atoms with Crippen molar-refractivity contribution in [1.29, 1.82) is 5.26 Å². The Hall–Kier alpha value is -3.59. The molecule has 0 aliphatic rings. The van der Waals surface area contributed by atoms with E-state index < -0.39 is 11.4 Å². The third kappa shape index (κ3) is 3.21. The van der Waals surface area contributed by atoms with Crippen LogP contribution in [0.4, 0.5) is 15.8 Å². The van der Waals surface area contributed by atoms with Crippen LogP contribution in [-0.2, 0) is 0 Å². The first-order chi connectivity index (χ1) is 12.1. The molecule has 0 saturated carbocycles. The second-order valence-electron chi connectivity index (χ2n) is 5.31. The highest BCUT2D eigenvalue weighted by Gasteiger charge is 2.15. The topological polar surface area (TPSA) is 81.4 Å². The van der Waals surface area contributed by atoms with Gasteiger partial charge in [0.25, 0.3) is 5.56 Å². The van der Waals surface area contributed by atoms with E-state index in [1.54, 1.807) is 31.2 Å². The second kappa shape index (κ2) is 6.89. The van der Waals surface area contributed by atoms with Crippen LogP contribution >= 0.6 is 0 Å². The molecule has 0 saturated heterocycles. The average molecular weight is 332 g/mol. The minimum Gasteiger partial charge on any atom is -0.319 e. The highest BCUT2D eigenvalue weighted by molar-refractivity contribution is 5.75. The van der Waals surface area contributed by atoms with Crippen molar-refractivity contribution in [2.75, 3.05) is 0 Å². The normalized spacial score (nSPS) is 10.8. The summed E-state index contributed by atoms with van der Waals surface area (Å²) in [6.07, 6.45) is 0. The predicted molar refractivity (Wildman–Crippen MR) is 92.5 cm³/mol. The molecule has 0 aliphatic heterocycles. The third-order valence-corrected chi connectivity index (χ3v) is 3.72. The molecule has 2 aromatic carbocycles. The van der Waals surface area contributed by atoms with E-state index in [9.17, 15) is 14.4 Å². The number of aromatic nitrogens is 1. The number of azo groups is 1. The van der Waals surface area contributed by atoms with E-state index >= 15 is 0 Å². The molecule has 0 amide bonds. The molecule has 0 unspecified atom stereocenters. The number of nitriles is 1. The number of nitrogens with one attached hydrogen (secondary N) is 1. The lowest BCUT2D eigenvalue weighted by molar-refractivity contribution is 0.628. The first-order valence-corrected chi connectivity index (χ1v) is 7.50. The first-order valence-electron chi connectivity index (χ1n) is 7.50. The average Bonchev–Trinajstić information content (AvgIpc) is 2.63. The van der Waals surface area contributed by atoms with Crippen molar-refractivity contribution in [3.63, 3.8) is 0 Å². The Morgan fingerprint density at radius 3 is 2.40 bits per heavy atom. The SMILES string of the molecule is Cc1c(N=Nc2ccccc2F)c(-c2ccccc2)[nH]c(=O)c1C#N. The van der Waals surface area contributed by atoms with Crippen LogP contribution in [0.2, 0.25) is 0 Å². The molecule has 122 valence electrons. The largest absolute Gasteiger partial charge is 0.319 e.